The van der Waals surface area contributed by atoms with Crippen LogP contribution in [-0.2, 0) is 11.0 Å². The molecule has 0 saturated heterocycles. The van der Waals surface area contributed by atoms with E-state index in [1.165, 1.54) is 24.3 Å². The Labute approximate surface area is 197 Å². The fourth-order valence-corrected chi connectivity index (χ4v) is 3.71. The molecule has 0 aliphatic rings. The number of ether oxygens (including phenoxy) is 1. The molecule has 0 fully saturated rings. The average molecular weight is 487 g/mol. The molecule has 1 aromatic heterocycles. The van der Waals surface area contributed by atoms with Crippen LogP contribution in [0.1, 0.15) is 24.2 Å². The van der Waals surface area contributed by atoms with Crippen LogP contribution in [0, 0.1) is 5.82 Å². The van der Waals surface area contributed by atoms with Crippen molar-refractivity contribution in [3.05, 3.63) is 89.9 Å². The number of nitrogens with zero attached hydrogens (tertiary/aromatic N) is 2. The highest BCUT2D eigenvalue weighted by Crippen LogP contribution is 2.32. The minimum Gasteiger partial charge on any atom is -0.484 e. The van der Waals surface area contributed by atoms with Crippen molar-refractivity contribution in [1.29, 1.82) is 0 Å². The Kier molecular flexibility index (Phi) is 6.74. The van der Waals surface area contributed by atoms with Gasteiger partial charge < -0.3 is 15.2 Å². The minimum absolute atomic E-state index is 0.363. The number of aliphatic hydroxyl groups excluding tert-OH is 1. The molecule has 0 radical (unpaired) electrons. The molecule has 10 heteroatoms. The molecule has 0 spiro atoms. The summed E-state index contributed by atoms with van der Waals surface area (Å²) in [6.45, 7) is 0.888. The molecule has 0 aliphatic carbocycles. The third-order valence-electron chi connectivity index (χ3n) is 5.43. The Balaban J connectivity index is 1.64. The summed E-state index contributed by atoms with van der Waals surface area (Å²) in [5.74, 6) is -0.613. The number of hydrogen-bond acceptors (Lipinski definition) is 4. The van der Waals surface area contributed by atoms with E-state index in [0.29, 0.717) is 22.4 Å². The highest BCUT2D eigenvalue weighted by Gasteiger charge is 2.31. The monoisotopic (exact) mass is 487 g/mol. The number of aliphatic hydroxyl groups is 1. The maximum Gasteiger partial charge on any atom is 0.416 e. The Morgan fingerprint density at radius 2 is 1.77 bits per heavy atom. The first-order chi connectivity index (χ1) is 16.7. The first-order valence-electron chi connectivity index (χ1n) is 10.6. The Morgan fingerprint density at radius 3 is 2.40 bits per heavy atom. The zero-order chi connectivity index (χ0) is 25.2. The second-order valence-corrected chi connectivity index (χ2v) is 7.93. The molecule has 0 saturated carbocycles. The number of carbonyl (C=O) groups excluding carboxylic acids is 1. The normalized spacial score (nSPS) is 13.4. The molecule has 4 rings (SSSR count). The number of hydrogen-bond donors (Lipinski definition) is 2. The number of carbonyl (C=O) groups is 1. The second-order valence-electron chi connectivity index (χ2n) is 7.93. The van der Waals surface area contributed by atoms with E-state index in [0.717, 1.165) is 17.6 Å². The summed E-state index contributed by atoms with van der Waals surface area (Å²) in [5.41, 5.74) is 1.00. The first-order valence-corrected chi connectivity index (χ1v) is 10.6. The van der Waals surface area contributed by atoms with Crippen molar-refractivity contribution in [1.82, 2.24) is 15.1 Å². The van der Waals surface area contributed by atoms with Crippen LogP contribution in [0.3, 0.4) is 0 Å². The standard InChI is InChI=1S/C25H21F4N3O3/c1-15(31-23(34)14-33)24(16-2-4-18(5-3-16)25(27,28)29)35-21-10-11-22-17(12-21)13-30-32(22)20-8-6-19(26)7-9-20/h2-13,15,24,33H,14H2,1H3,(H,31,34)/t15-,24+/m0/s1. The molecule has 4 aromatic rings. The number of alkyl halides is 3. The predicted octanol–water partition coefficient (Wildman–Crippen LogP) is 4.80. The quantitative estimate of drug-likeness (QED) is 0.367. The van der Waals surface area contributed by atoms with Crippen LogP contribution in [0.4, 0.5) is 17.6 Å². The number of nitrogens with one attached hydrogen (secondary N) is 1. The van der Waals surface area contributed by atoms with Crippen molar-refractivity contribution < 1.29 is 32.2 Å². The average Bonchev–Trinajstić information content (AvgIpc) is 3.25. The van der Waals surface area contributed by atoms with E-state index in [9.17, 15) is 22.4 Å². The summed E-state index contributed by atoms with van der Waals surface area (Å²) in [6.07, 6.45) is -3.73. The molecule has 0 aliphatic heterocycles. The molecule has 6 nitrogen and oxygen atoms in total. The van der Waals surface area contributed by atoms with E-state index in [1.54, 1.807) is 48.1 Å². The van der Waals surface area contributed by atoms with Crippen LogP contribution in [0.2, 0.25) is 0 Å². The molecule has 1 amide bonds. The van der Waals surface area contributed by atoms with Crippen molar-refractivity contribution in [3.63, 3.8) is 0 Å². The van der Waals surface area contributed by atoms with Crippen LogP contribution in [-0.4, -0.2) is 33.4 Å². The Hall–Kier alpha value is -3.92. The van der Waals surface area contributed by atoms with Gasteiger partial charge in [0.05, 0.1) is 29.0 Å². The fourth-order valence-electron chi connectivity index (χ4n) is 3.71. The summed E-state index contributed by atoms with van der Waals surface area (Å²) in [6, 6.07) is 14.8. The van der Waals surface area contributed by atoms with Crippen molar-refractivity contribution in [2.45, 2.75) is 25.2 Å². The Bertz CT molecular complexity index is 1320. The number of fused-ring (bicyclic) bond motifs is 1. The second kappa shape index (κ2) is 9.75. The highest BCUT2D eigenvalue weighted by molar-refractivity contribution is 5.81. The third-order valence-corrected chi connectivity index (χ3v) is 5.43. The van der Waals surface area contributed by atoms with E-state index in [2.05, 4.69) is 10.4 Å². The first kappa shape index (κ1) is 24.2. The van der Waals surface area contributed by atoms with E-state index in [4.69, 9.17) is 9.84 Å². The number of rotatable bonds is 7. The molecular formula is C25H21F4N3O3. The summed E-state index contributed by atoms with van der Waals surface area (Å²) in [7, 11) is 0. The largest absolute Gasteiger partial charge is 0.484 e. The van der Waals surface area contributed by atoms with Gasteiger partial charge in [0.25, 0.3) is 0 Å². The SMILES string of the molecule is C[C@H](NC(=O)CO)[C@@H](Oc1ccc2c(cnn2-c2ccc(F)cc2)c1)c1ccc(C(F)(F)F)cc1. The van der Waals surface area contributed by atoms with Crippen molar-refractivity contribution in [2.75, 3.05) is 6.61 Å². The lowest BCUT2D eigenvalue weighted by molar-refractivity contribution is -0.137. The minimum atomic E-state index is -4.48. The highest BCUT2D eigenvalue weighted by atomic mass is 19.4. The smallest absolute Gasteiger partial charge is 0.416 e. The molecule has 182 valence electrons. The lowest BCUT2D eigenvalue weighted by Crippen LogP contribution is -2.40. The van der Waals surface area contributed by atoms with Gasteiger partial charge >= 0.3 is 6.18 Å². The van der Waals surface area contributed by atoms with Gasteiger partial charge in [-0.15, -0.1) is 0 Å². The molecular weight excluding hydrogens is 466 g/mol. The fraction of sp³-hybridized carbons (Fsp3) is 0.200. The van der Waals surface area contributed by atoms with Crippen LogP contribution in [0.15, 0.2) is 72.9 Å². The molecule has 1 heterocycles. The van der Waals surface area contributed by atoms with Crippen molar-refractivity contribution in [2.24, 2.45) is 0 Å². The summed E-state index contributed by atoms with van der Waals surface area (Å²) in [4.78, 5) is 11.7. The maximum absolute atomic E-state index is 13.3. The third kappa shape index (κ3) is 5.43. The van der Waals surface area contributed by atoms with Crippen LogP contribution in [0.5, 0.6) is 5.75 Å². The van der Waals surface area contributed by atoms with Gasteiger partial charge in [-0.1, -0.05) is 12.1 Å². The molecule has 0 unspecified atom stereocenters. The van der Waals surface area contributed by atoms with Gasteiger partial charge in [0.1, 0.15) is 24.3 Å². The summed E-state index contributed by atoms with van der Waals surface area (Å²) in [5, 5.41) is 16.7. The van der Waals surface area contributed by atoms with E-state index < -0.39 is 36.4 Å². The van der Waals surface area contributed by atoms with Crippen molar-refractivity contribution >= 4 is 16.8 Å². The maximum atomic E-state index is 13.3. The lowest BCUT2D eigenvalue weighted by Gasteiger charge is -2.26. The molecule has 2 N–H and O–H groups in total. The summed E-state index contributed by atoms with van der Waals surface area (Å²) < 4.78 is 60.0. The number of amides is 1. The predicted molar refractivity (Wildman–Crippen MR) is 121 cm³/mol. The zero-order valence-corrected chi connectivity index (χ0v) is 18.5. The van der Waals surface area contributed by atoms with E-state index in [-0.39, 0.29) is 5.82 Å². The van der Waals surface area contributed by atoms with E-state index in [1.807, 2.05) is 0 Å². The topological polar surface area (TPSA) is 76.4 Å². The summed E-state index contributed by atoms with van der Waals surface area (Å²) >= 11 is 0. The van der Waals surface area contributed by atoms with Crippen LogP contribution >= 0.6 is 0 Å². The van der Waals surface area contributed by atoms with Gasteiger partial charge in [0.2, 0.25) is 5.91 Å². The van der Waals surface area contributed by atoms with Crippen LogP contribution in [0.25, 0.3) is 16.6 Å². The van der Waals surface area contributed by atoms with Gasteiger partial charge in [-0.3, -0.25) is 4.79 Å². The van der Waals surface area contributed by atoms with Crippen LogP contribution < -0.4 is 10.1 Å². The van der Waals surface area contributed by atoms with Gasteiger partial charge in [0.15, 0.2) is 0 Å². The number of aromatic nitrogens is 2. The molecule has 35 heavy (non-hydrogen) atoms. The number of halogens is 4. The molecule has 3 aromatic carbocycles. The zero-order valence-electron chi connectivity index (χ0n) is 18.5. The van der Waals surface area contributed by atoms with Gasteiger partial charge in [-0.2, -0.15) is 18.3 Å². The molecule has 0 bridgehead atoms. The number of benzene rings is 3. The van der Waals surface area contributed by atoms with Gasteiger partial charge in [-0.05, 0) is 67.1 Å². The van der Waals surface area contributed by atoms with Gasteiger partial charge in [-0.25, -0.2) is 9.07 Å². The Morgan fingerprint density at radius 1 is 1.09 bits per heavy atom. The van der Waals surface area contributed by atoms with E-state index >= 15 is 0 Å². The van der Waals surface area contributed by atoms with Crippen molar-refractivity contribution in [3.8, 4) is 11.4 Å². The van der Waals surface area contributed by atoms with Gasteiger partial charge in [0, 0.05) is 5.39 Å². The molecule has 2 atom stereocenters. The lowest BCUT2D eigenvalue weighted by atomic mass is 10.0.